The van der Waals surface area contributed by atoms with Gasteiger partial charge in [-0.1, -0.05) is 12.1 Å². The summed E-state index contributed by atoms with van der Waals surface area (Å²) in [6.07, 6.45) is -2.45. The summed E-state index contributed by atoms with van der Waals surface area (Å²) < 4.78 is 22.6. The molecule has 38 heavy (non-hydrogen) atoms. The zero-order valence-corrected chi connectivity index (χ0v) is 23.9. The van der Waals surface area contributed by atoms with E-state index in [4.69, 9.17) is 18.9 Å². The number of hydrogen-bond acceptors (Lipinski definition) is 9. The van der Waals surface area contributed by atoms with E-state index in [1.54, 1.807) is 69.2 Å². The molecule has 2 unspecified atom stereocenters. The van der Waals surface area contributed by atoms with Crippen molar-refractivity contribution >= 4 is 17.8 Å². The molecule has 2 rings (SSSR count). The monoisotopic (exact) mass is 535 g/mol. The molecule has 1 amide bonds. The van der Waals surface area contributed by atoms with Gasteiger partial charge in [0.1, 0.15) is 17.0 Å². The Balaban J connectivity index is 2.86. The number of alkyl carbamates (subject to hydrolysis) is 1. The summed E-state index contributed by atoms with van der Waals surface area (Å²) in [5.41, 5.74) is -6.78. The molecular formula is C28H41NO9. The maximum Gasteiger partial charge on any atom is 0.408 e. The van der Waals surface area contributed by atoms with Crippen molar-refractivity contribution in [1.29, 1.82) is 0 Å². The van der Waals surface area contributed by atoms with Crippen LogP contribution in [-0.2, 0) is 35.0 Å². The van der Waals surface area contributed by atoms with Crippen molar-refractivity contribution in [3.05, 3.63) is 41.3 Å². The van der Waals surface area contributed by atoms with E-state index in [2.05, 4.69) is 5.32 Å². The first-order valence-electron chi connectivity index (χ1n) is 12.6. The van der Waals surface area contributed by atoms with Crippen LogP contribution < -0.4 is 5.32 Å². The smallest absolute Gasteiger partial charge is 0.408 e. The van der Waals surface area contributed by atoms with Gasteiger partial charge in [0.15, 0.2) is 11.3 Å². The van der Waals surface area contributed by atoms with Crippen LogP contribution in [0.15, 0.2) is 35.8 Å². The van der Waals surface area contributed by atoms with Crippen molar-refractivity contribution in [3.8, 4) is 5.75 Å². The second-order valence-corrected chi connectivity index (χ2v) is 11.9. The van der Waals surface area contributed by atoms with E-state index < -0.39 is 58.8 Å². The van der Waals surface area contributed by atoms with Crippen LogP contribution in [-0.4, -0.2) is 62.6 Å². The molecule has 10 heteroatoms. The van der Waals surface area contributed by atoms with Crippen LogP contribution in [0.3, 0.4) is 0 Å². The number of aromatic hydroxyl groups is 1. The van der Waals surface area contributed by atoms with Gasteiger partial charge in [0.2, 0.25) is 17.1 Å². The van der Waals surface area contributed by atoms with Crippen LogP contribution in [0.5, 0.6) is 5.75 Å². The zero-order chi connectivity index (χ0) is 29.3. The number of hydrogen-bond donors (Lipinski definition) is 3. The first kappa shape index (κ1) is 31.0. The van der Waals surface area contributed by atoms with Gasteiger partial charge >= 0.3 is 12.1 Å². The van der Waals surface area contributed by atoms with Crippen molar-refractivity contribution in [1.82, 2.24) is 5.32 Å². The van der Waals surface area contributed by atoms with E-state index in [-0.39, 0.29) is 17.3 Å². The van der Waals surface area contributed by atoms with Crippen molar-refractivity contribution in [3.63, 3.8) is 0 Å². The maximum atomic E-state index is 14.0. The molecule has 0 saturated heterocycles. The largest absolute Gasteiger partial charge is 0.508 e. The molecular weight excluding hydrogens is 494 g/mol. The fourth-order valence-electron chi connectivity index (χ4n) is 3.87. The van der Waals surface area contributed by atoms with Gasteiger partial charge in [-0.3, -0.25) is 4.79 Å². The number of carbonyl (C=O) groups excluding carboxylic acids is 3. The molecule has 0 bridgehead atoms. The molecule has 0 aliphatic heterocycles. The average Bonchev–Trinajstić information content (AvgIpc) is 2.73. The van der Waals surface area contributed by atoms with Gasteiger partial charge in [-0.05, 0) is 86.9 Å². The third-order valence-corrected chi connectivity index (χ3v) is 5.26. The Hall–Kier alpha value is -3.27. The summed E-state index contributed by atoms with van der Waals surface area (Å²) in [5, 5.41) is 24.4. The zero-order valence-electron chi connectivity index (χ0n) is 23.9. The van der Waals surface area contributed by atoms with Gasteiger partial charge in [-0.15, -0.1) is 0 Å². The summed E-state index contributed by atoms with van der Waals surface area (Å²) in [7, 11) is 0. The number of nitrogens with one attached hydrogen (secondary N) is 1. The number of benzene rings is 1. The molecule has 2 atom stereocenters. The highest BCUT2D eigenvalue weighted by Gasteiger charge is 2.73. The van der Waals surface area contributed by atoms with E-state index in [9.17, 15) is 24.6 Å². The first-order valence-corrected chi connectivity index (χ1v) is 12.6. The molecule has 1 aromatic carbocycles. The highest BCUT2D eigenvalue weighted by Crippen LogP contribution is 2.47. The molecule has 0 fully saturated rings. The van der Waals surface area contributed by atoms with Gasteiger partial charge in [0.05, 0.1) is 12.2 Å². The first-order chi connectivity index (χ1) is 17.2. The normalized spacial score (nSPS) is 19.6. The molecule has 3 N–H and O–H groups in total. The number of phenolic OH excluding ortho intramolecular Hbond substituents is 1. The quantitative estimate of drug-likeness (QED) is 0.401. The van der Waals surface area contributed by atoms with Crippen LogP contribution in [0.25, 0.3) is 0 Å². The van der Waals surface area contributed by atoms with E-state index in [1.807, 2.05) is 0 Å². The standard InChI is InChI=1S/C28H41NO9/c1-16(2)35-20-21(31)28(34,22(20)36-17(3)4)27(23(32)37-25(5,6)7,29-24(33)38-26(8,9)10)15-18-11-13-19(30)14-12-18/h11-14,16-17,30,34H,15H2,1-10H3,(H,29,33). The van der Waals surface area contributed by atoms with Crippen LogP contribution in [0.4, 0.5) is 4.79 Å². The Kier molecular flexibility index (Phi) is 8.83. The van der Waals surface area contributed by atoms with Crippen molar-refractivity contribution in [2.24, 2.45) is 0 Å². The van der Waals surface area contributed by atoms with Crippen molar-refractivity contribution in [2.75, 3.05) is 0 Å². The Morgan fingerprint density at radius 3 is 1.84 bits per heavy atom. The van der Waals surface area contributed by atoms with Gasteiger partial charge in [0, 0.05) is 6.42 Å². The summed E-state index contributed by atoms with van der Waals surface area (Å²) in [5.74, 6) is -2.63. The third kappa shape index (κ3) is 6.78. The molecule has 1 aliphatic carbocycles. The molecule has 0 aromatic heterocycles. The number of aliphatic hydroxyl groups is 1. The summed E-state index contributed by atoms with van der Waals surface area (Å²) >= 11 is 0. The fourth-order valence-corrected chi connectivity index (χ4v) is 3.87. The van der Waals surface area contributed by atoms with Gasteiger partial charge < -0.3 is 34.5 Å². The second-order valence-electron chi connectivity index (χ2n) is 11.9. The van der Waals surface area contributed by atoms with Crippen molar-refractivity contribution < 1.29 is 43.5 Å². The lowest BCUT2D eigenvalue weighted by Crippen LogP contribution is -2.78. The van der Waals surface area contributed by atoms with Crippen LogP contribution in [0, 0.1) is 0 Å². The number of ether oxygens (including phenoxy) is 4. The average molecular weight is 536 g/mol. The van der Waals surface area contributed by atoms with E-state index in [0.29, 0.717) is 5.56 Å². The molecule has 212 valence electrons. The minimum absolute atomic E-state index is 0.0357. The number of Topliss-reactive ketones (excluding diaryl/α,β-unsaturated/α-hetero) is 1. The number of carbonyl (C=O) groups is 3. The van der Waals surface area contributed by atoms with Gasteiger partial charge in [-0.25, -0.2) is 9.59 Å². The molecule has 0 saturated carbocycles. The second kappa shape index (κ2) is 10.8. The minimum atomic E-state index is -2.71. The lowest BCUT2D eigenvalue weighted by Gasteiger charge is -2.50. The van der Waals surface area contributed by atoms with E-state index in [1.165, 1.54) is 24.3 Å². The van der Waals surface area contributed by atoms with Crippen LogP contribution >= 0.6 is 0 Å². The van der Waals surface area contributed by atoms with Crippen LogP contribution in [0.1, 0.15) is 74.8 Å². The predicted molar refractivity (Wildman–Crippen MR) is 139 cm³/mol. The molecule has 0 heterocycles. The highest BCUT2D eigenvalue weighted by molar-refractivity contribution is 6.15. The summed E-state index contributed by atoms with van der Waals surface area (Å²) in [4.78, 5) is 40.9. The minimum Gasteiger partial charge on any atom is -0.508 e. The summed E-state index contributed by atoms with van der Waals surface area (Å²) in [6.45, 7) is 16.5. The Morgan fingerprint density at radius 1 is 0.895 bits per heavy atom. The van der Waals surface area contributed by atoms with Gasteiger partial charge in [0.25, 0.3) is 0 Å². The van der Waals surface area contributed by atoms with E-state index in [0.717, 1.165) is 0 Å². The molecule has 10 nitrogen and oxygen atoms in total. The molecule has 0 radical (unpaired) electrons. The lowest BCUT2D eigenvalue weighted by molar-refractivity contribution is -0.188. The summed E-state index contributed by atoms with van der Waals surface area (Å²) in [6, 6.07) is 5.75. The Bertz CT molecular complexity index is 1080. The van der Waals surface area contributed by atoms with E-state index >= 15 is 0 Å². The number of amides is 1. The predicted octanol–water partition coefficient (Wildman–Crippen LogP) is 3.92. The lowest BCUT2D eigenvalue weighted by atomic mass is 9.65. The SMILES string of the molecule is CC(C)OC1=C(OC(C)C)C(O)(C(Cc2ccc(O)cc2)(NC(=O)OC(C)(C)C)C(=O)OC(C)(C)C)C1=O. The number of rotatable bonds is 9. The maximum absolute atomic E-state index is 14.0. The topological polar surface area (TPSA) is 141 Å². The number of ketones is 1. The Morgan fingerprint density at radius 2 is 1.39 bits per heavy atom. The third-order valence-electron chi connectivity index (χ3n) is 5.26. The van der Waals surface area contributed by atoms with Crippen molar-refractivity contribution in [2.45, 2.75) is 110 Å². The molecule has 1 aliphatic rings. The molecule has 0 spiro atoms. The van der Waals surface area contributed by atoms with Gasteiger partial charge in [-0.2, -0.15) is 0 Å². The van der Waals surface area contributed by atoms with Crippen LogP contribution in [0.2, 0.25) is 0 Å². The highest BCUT2D eigenvalue weighted by atomic mass is 16.6. The number of phenols is 1. The number of esters is 1. The molecule has 1 aromatic rings. The Labute approximate surface area is 224 Å². The fraction of sp³-hybridized carbons (Fsp3) is 0.607.